The molecule has 1 N–H and O–H groups in total. The highest BCUT2D eigenvalue weighted by Crippen LogP contribution is 2.30. The van der Waals surface area contributed by atoms with E-state index in [1.54, 1.807) is 0 Å². The van der Waals surface area contributed by atoms with Gasteiger partial charge in [-0.15, -0.1) is 0 Å². The molecule has 1 aliphatic rings. The lowest BCUT2D eigenvalue weighted by molar-refractivity contribution is 0.104. The lowest BCUT2D eigenvalue weighted by Gasteiger charge is -2.32. The topological polar surface area (TPSA) is 36.1 Å². The minimum Gasteiger partial charge on any atom is -0.358 e. The number of likely N-dealkylation sites (tertiary alicyclic amines) is 1. The van der Waals surface area contributed by atoms with E-state index in [4.69, 9.17) is 0 Å². The van der Waals surface area contributed by atoms with Gasteiger partial charge in [0.1, 0.15) is 0 Å². The van der Waals surface area contributed by atoms with Crippen molar-refractivity contribution in [1.82, 2.24) is 9.88 Å². The predicted molar refractivity (Wildman–Crippen MR) is 120 cm³/mol. The number of para-hydroxylation sites is 1. The highest BCUT2D eigenvalue weighted by Gasteiger charge is 2.26. The molecule has 0 bridgehead atoms. The van der Waals surface area contributed by atoms with Crippen LogP contribution in [0.25, 0.3) is 21.7 Å². The molecule has 29 heavy (non-hydrogen) atoms. The maximum absolute atomic E-state index is 13.8. The number of H-pyrrole nitrogens is 1. The van der Waals surface area contributed by atoms with Crippen molar-refractivity contribution in [3.8, 4) is 0 Å². The lowest BCUT2D eigenvalue weighted by atomic mass is 9.92. The zero-order valence-corrected chi connectivity index (χ0v) is 16.8. The highest BCUT2D eigenvalue weighted by atomic mass is 16.1. The van der Waals surface area contributed by atoms with Gasteiger partial charge in [-0.1, -0.05) is 67.1 Å². The van der Waals surface area contributed by atoms with Crippen molar-refractivity contribution in [3.63, 3.8) is 0 Å². The zero-order valence-electron chi connectivity index (χ0n) is 16.8. The maximum Gasteiger partial charge on any atom is 0.196 e. The van der Waals surface area contributed by atoms with Gasteiger partial charge in [0, 0.05) is 34.6 Å². The average Bonchev–Trinajstić information content (AvgIpc) is 3.12. The summed E-state index contributed by atoms with van der Waals surface area (Å²) < 4.78 is 0. The summed E-state index contributed by atoms with van der Waals surface area (Å²) in [6, 6.07) is 22.8. The summed E-state index contributed by atoms with van der Waals surface area (Å²) in [6.07, 6.45) is 4.61. The normalized spacial score (nSPS) is 17.8. The standard InChI is InChI=1S/C26H26N2O/c1-28-16-7-6-11-19(28)17-24-25(22-13-4-5-15-23(22)27-24)26(29)21-14-8-10-18-9-2-3-12-20(18)21/h2-5,8-10,12-15,19,27H,6-7,11,16-17H2,1H3. The van der Waals surface area contributed by atoms with E-state index in [-0.39, 0.29) is 5.78 Å². The number of hydrogen-bond acceptors (Lipinski definition) is 2. The van der Waals surface area contributed by atoms with E-state index in [1.807, 2.05) is 42.5 Å². The van der Waals surface area contributed by atoms with Crippen molar-refractivity contribution in [2.75, 3.05) is 13.6 Å². The molecule has 1 saturated heterocycles. The second-order valence-electron chi connectivity index (χ2n) is 8.21. The Labute approximate surface area is 171 Å². The van der Waals surface area contributed by atoms with Gasteiger partial charge in [-0.2, -0.15) is 0 Å². The van der Waals surface area contributed by atoms with Crippen LogP contribution in [-0.4, -0.2) is 35.3 Å². The number of fused-ring (bicyclic) bond motifs is 2. The molecule has 1 aromatic heterocycles. The molecule has 2 heterocycles. The van der Waals surface area contributed by atoms with Crippen LogP contribution in [0, 0.1) is 0 Å². The van der Waals surface area contributed by atoms with Gasteiger partial charge in [0.15, 0.2) is 5.78 Å². The Morgan fingerprint density at radius 2 is 1.72 bits per heavy atom. The summed E-state index contributed by atoms with van der Waals surface area (Å²) in [5, 5.41) is 3.15. The van der Waals surface area contributed by atoms with Gasteiger partial charge in [0.2, 0.25) is 0 Å². The molecule has 1 fully saturated rings. The molecule has 0 spiro atoms. The fourth-order valence-electron chi connectivity index (χ4n) is 4.81. The van der Waals surface area contributed by atoms with Crippen molar-refractivity contribution in [2.45, 2.75) is 31.7 Å². The molecule has 1 aliphatic heterocycles. The fraction of sp³-hybridized carbons (Fsp3) is 0.269. The molecular formula is C26H26N2O. The summed E-state index contributed by atoms with van der Waals surface area (Å²) in [5.74, 6) is 0.118. The van der Waals surface area contributed by atoms with Crippen LogP contribution in [0.2, 0.25) is 0 Å². The molecule has 1 atom stereocenters. The van der Waals surface area contributed by atoms with Gasteiger partial charge in [0.25, 0.3) is 0 Å². The number of benzene rings is 3. The Morgan fingerprint density at radius 1 is 0.966 bits per heavy atom. The molecule has 3 nitrogen and oxygen atoms in total. The number of aromatic nitrogens is 1. The van der Waals surface area contributed by atoms with E-state index in [9.17, 15) is 4.79 Å². The van der Waals surface area contributed by atoms with Gasteiger partial charge in [-0.25, -0.2) is 0 Å². The summed E-state index contributed by atoms with van der Waals surface area (Å²) >= 11 is 0. The van der Waals surface area contributed by atoms with Crippen molar-refractivity contribution in [2.24, 2.45) is 0 Å². The predicted octanol–water partition coefficient (Wildman–Crippen LogP) is 5.58. The van der Waals surface area contributed by atoms with E-state index in [1.165, 1.54) is 19.3 Å². The average molecular weight is 383 g/mol. The molecule has 0 saturated carbocycles. The number of rotatable bonds is 4. The number of hydrogen-bond donors (Lipinski definition) is 1. The van der Waals surface area contributed by atoms with E-state index < -0.39 is 0 Å². The minimum absolute atomic E-state index is 0.118. The zero-order chi connectivity index (χ0) is 19.8. The first-order chi connectivity index (χ1) is 14.2. The minimum atomic E-state index is 0.118. The van der Waals surface area contributed by atoms with Crippen LogP contribution in [0.15, 0.2) is 66.7 Å². The number of aromatic amines is 1. The number of nitrogens with one attached hydrogen (secondary N) is 1. The van der Waals surface area contributed by atoms with Crippen molar-refractivity contribution >= 4 is 27.5 Å². The van der Waals surface area contributed by atoms with E-state index in [2.05, 4.69) is 41.2 Å². The second kappa shape index (κ2) is 7.49. The molecule has 3 heteroatoms. The largest absolute Gasteiger partial charge is 0.358 e. The summed E-state index contributed by atoms with van der Waals surface area (Å²) in [4.78, 5) is 19.9. The molecular weight excluding hydrogens is 356 g/mol. The first kappa shape index (κ1) is 18.1. The number of piperidine rings is 1. The molecule has 146 valence electrons. The smallest absolute Gasteiger partial charge is 0.196 e. The molecule has 1 unspecified atom stereocenters. The van der Waals surface area contributed by atoms with E-state index in [0.29, 0.717) is 6.04 Å². The summed E-state index contributed by atoms with van der Waals surface area (Å²) in [6.45, 7) is 1.14. The van der Waals surface area contributed by atoms with Crippen LogP contribution in [0.4, 0.5) is 0 Å². The van der Waals surface area contributed by atoms with Gasteiger partial charge in [-0.3, -0.25) is 4.79 Å². The van der Waals surface area contributed by atoms with Gasteiger partial charge in [-0.05, 0) is 43.3 Å². The second-order valence-corrected chi connectivity index (χ2v) is 8.21. The first-order valence-corrected chi connectivity index (χ1v) is 10.5. The fourth-order valence-corrected chi connectivity index (χ4v) is 4.81. The number of carbonyl (C=O) groups excluding carboxylic acids is 1. The third-order valence-corrected chi connectivity index (χ3v) is 6.41. The van der Waals surface area contributed by atoms with Crippen LogP contribution in [0.5, 0.6) is 0 Å². The SMILES string of the molecule is CN1CCCCC1Cc1[nH]c2ccccc2c1C(=O)c1cccc2ccccc12. The van der Waals surface area contributed by atoms with Gasteiger partial charge >= 0.3 is 0 Å². The lowest BCUT2D eigenvalue weighted by Crippen LogP contribution is -2.38. The van der Waals surface area contributed by atoms with Crippen LogP contribution in [0.1, 0.15) is 40.9 Å². The van der Waals surface area contributed by atoms with Crippen molar-refractivity contribution in [1.29, 1.82) is 0 Å². The van der Waals surface area contributed by atoms with E-state index >= 15 is 0 Å². The monoisotopic (exact) mass is 382 g/mol. The number of ketones is 1. The Hall–Kier alpha value is -2.91. The Morgan fingerprint density at radius 3 is 2.59 bits per heavy atom. The maximum atomic E-state index is 13.8. The first-order valence-electron chi connectivity index (χ1n) is 10.5. The Bertz CT molecular complexity index is 1180. The van der Waals surface area contributed by atoms with Crippen LogP contribution in [0.3, 0.4) is 0 Å². The Balaban J connectivity index is 1.64. The Kier molecular flexibility index (Phi) is 4.69. The van der Waals surface area contributed by atoms with Crippen LogP contribution < -0.4 is 0 Å². The molecule has 0 amide bonds. The van der Waals surface area contributed by atoms with Gasteiger partial charge < -0.3 is 9.88 Å². The molecule has 5 rings (SSSR count). The van der Waals surface area contributed by atoms with Crippen LogP contribution in [-0.2, 0) is 6.42 Å². The van der Waals surface area contributed by atoms with Crippen molar-refractivity contribution < 1.29 is 4.79 Å². The third-order valence-electron chi connectivity index (χ3n) is 6.41. The van der Waals surface area contributed by atoms with Crippen molar-refractivity contribution in [3.05, 3.63) is 83.6 Å². The summed E-state index contributed by atoms with van der Waals surface area (Å²) in [5.41, 5.74) is 3.74. The van der Waals surface area contributed by atoms with Crippen LogP contribution >= 0.6 is 0 Å². The third kappa shape index (κ3) is 3.26. The van der Waals surface area contributed by atoms with E-state index in [0.717, 1.165) is 51.5 Å². The number of nitrogens with zero attached hydrogens (tertiary/aromatic N) is 1. The number of likely N-dealkylation sites (N-methyl/N-ethyl adjacent to an activating group) is 1. The molecule has 0 radical (unpaired) electrons. The van der Waals surface area contributed by atoms with Gasteiger partial charge in [0.05, 0.1) is 5.56 Å². The molecule has 3 aromatic carbocycles. The summed E-state index contributed by atoms with van der Waals surface area (Å²) in [7, 11) is 2.21. The molecule has 4 aromatic rings. The molecule has 0 aliphatic carbocycles. The highest BCUT2D eigenvalue weighted by molar-refractivity contribution is 6.22. The quantitative estimate of drug-likeness (QED) is 0.468. The number of carbonyl (C=O) groups is 1.